The molecule has 2 aromatic carbocycles. The molecule has 0 bridgehead atoms. The zero-order valence-electron chi connectivity index (χ0n) is 16.3. The number of halogens is 1. The number of nitro benzene ring substituents is 1. The second-order valence-corrected chi connectivity index (χ2v) is 6.88. The molecule has 1 N–H and O–H groups in total. The summed E-state index contributed by atoms with van der Waals surface area (Å²) in [6.45, 7) is 1.55. The molecule has 10 nitrogen and oxygen atoms in total. The molecule has 0 radical (unpaired) electrons. The smallest absolute Gasteiger partial charge is 0.359 e. The fraction of sp³-hybridized carbons (Fsp3) is 0.200. The Morgan fingerprint density at radius 3 is 2.58 bits per heavy atom. The molecule has 0 spiro atoms. The van der Waals surface area contributed by atoms with Crippen molar-refractivity contribution in [3.8, 4) is 0 Å². The highest BCUT2D eigenvalue weighted by Gasteiger charge is 2.19. The lowest BCUT2D eigenvalue weighted by molar-refractivity contribution is -0.384. The van der Waals surface area contributed by atoms with Crippen molar-refractivity contribution in [3.63, 3.8) is 0 Å². The van der Waals surface area contributed by atoms with Gasteiger partial charge in [0.2, 0.25) is 0 Å². The Hall–Kier alpha value is -3.79. The van der Waals surface area contributed by atoms with Crippen LogP contribution in [0.25, 0.3) is 10.8 Å². The van der Waals surface area contributed by atoms with Crippen molar-refractivity contribution in [1.82, 2.24) is 9.78 Å². The third kappa shape index (κ3) is 4.86. The van der Waals surface area contributed by atoms with Crippen molar-refractivity contribution < 1.29 is 19.2 Å². The van der Waals surface area contributed by atoms with E-state index in [0.29, 0.717) is 23.7 Å². The average molecular weight is 445 g/mol. The van der Waals surface area contributed by atoms with Crippen LogP contribution in [0.5, 0.6) is 0 Å². The number of ether oxygens (including phenoxy) is 1. The van der Waals surface area contributed by atoms with Crippen LogP contribution < -0.4 is 10.9 Å². The van der Waals surface area contributed by atoms with E-state index in [1.165, 1.54) is 16.8 Å². The van der Waals surface area contributed by atoms with E-state index in [1.807, 2.05) is 6.92 Å². The summed E-state index contributed by atoms with van der Waals surface area (Å²) < 4.78 is 6.25. The predicted molar refractivity (Wildman–Crippen MR) is 113 cm³/mol. The first-order chi connectivity index (χ1) is 14.8. The molecule has 1 heterocycles. The first-order valence-corrected chi connectivity index (χ1v) is 9.60. The SMILES string of the molecule is CCCn1nc(C(=O)OCC(=O)Nc2ccc([N+](=O)[O-])cc2Cl)c2ccccc2c1=O. The summed E-state index contributed by atoms with van der Waals surface area (Å²) >= 11 is 5.93. The number of esters is 1. The van der Waals surface area contributed by atoms with Gasteiger partial charge in [0.1, 0.15) is 0 Å². The number of non-ortho nitro benzene ring substituents is 1. The fourth-order valence-electron chi connectivity index (χ4n) is 2.85. The van der Waals surface area contributed by atoms with Crippen molar-refractivity contribution in [1.29, 1.82) is 0 Å². The third-order valence-electron chi connectivity index (χ3n) is 4.27. The quantitative estimate of drug-likeness (QED) is 0.336. The molecule has 0 saturated carbocycles. The number of nitrogens with one attached hydrogen (secondary N) is 1. The van der Waals surface area contributed by atoms with E-state index in [4.69, 9.17) is 16.3 Å². The molecule has 0 fully saturated rings. The van der Waals surface area contributed by atoms with E-state index in [2.05, 4.69) is 10.4 Å². The van der Waals surface area contributed by atoms with Gasteiger partial charge in [-0.1, -0.05) is 36.7 Å². The molecule has 0 aliphatic rings. The second kappa shape index (κ2) is 9.35. The predicted octanol–water partition coefficient (Wildman–Crippen LogP) is 3.16. The number of anilines is 1. The number of nitro groups is 1. The number of benzene rings is 2. The van der Waals surface area contributed by atoms with E-state index in [1.54, 1.807) is 24.3 Å². The maximum Gasteiger partial charge on any atom is 0.359 e. The Morgan fingerprint density at radius 1 is 1.23 bits per heavy atom. The van der Waals surface area contributed by atoms with Crippen LogP contribution in [0, 0.1) is 10.1 Å². The van der Waals surface area contributed by atoms with Gasteiger partial charge < -0.3 is 10.1 Å². The monoisotopic (exact) mass is 444 g/mol. The fourth-order valence-corrected chi connectivity index (χ4v) is 3.08. The first kappa shape index (κ1) is 21.9. The van der Waals surface area contributed by atoms with Crippen molar-refractivity contribution in [2.75, 3.05) is 11.9 Å². The number of aryl methyl sites for hydroxylation is 1. The van der Waals surface area contributed by atoms with E-state index in [-0.39, 0.29) is 27.7 Å². The summed E-state index contributed by atoms with van der Waals surface area (Å²) in [6.07, 6.45) is 0.637. The number of carbonyl (C=O) groups is 2. The normalized spacial score (nSPS) is 10.6. The van der Waals surface area contributed by atoms with Crippen molar-refractivity contribution in [2.24, 2.45) is 0 Å². The van der Waals surface area contributed by atoms with Crippen LogP contribution in [0.2, 0.25) is 5.02 Å². The van der Waals surface area contributed by atoms with Gasteiger partial charge >= 0.3 is 5.97 Å². The molecule has 1 aromatic heterocycles. The number of nitrogens with zero attached hydrogens (tertiary/aromatic N) is 3. The van der Waals surface area contributed by atoms with Gasteiger partial charge in [-0.05, 0) is 18.6 Å². The van der Waals surface area contributed by atoms with Crippen LogP contribution in [0.4, 0.5) is 11.4 Å². The highest BCUT2D eigenvalue weighted by atomic mass is 35.5. The van der Waals surface area contributed by atoms with Gasteiger partial charge in [0, 0.05) is 24.1 Å². The van der Waals surface area contributed by atoms with E-state index >= 15 is 0 Å². The molecule has 11 heteroatoms. The maximum atomic E-state index is 12.6. The average Bonchev–Trinajstić information content (AvgIpc) is 2.75. The molecule has 3 aromatic rings. The first-order valence-electron chi connectivity index (χ1n) is 9.22. The highest BCUT2D eigenvalue weighted by molar-refractivity contribution is 6.34. The Morgan fingerprint density at radius 2 is 1.94 bits per heavy atom. The number of hydrogen-bond donors (Lipinski definition) is 1. The van der Waals surface area contributed by atoms with Gasteiger partial charge in [0.05, 0.1) is 21.0 Å². The Bertz CT molecular complexity index is 1240. The lowest BCUT2D eigenvalue weighted by Gasteiger charge is -2.11. The van der Waals surface area contributed by atoms with Gasteiger partial charge in [-0.25, -0.2) is 9.48 Å². The molecule has 1 amide bonds. The number of fused-ring (bicyclic) bond motifs is 1. The Balaban J connectivity index is 1.76. The summed E-state index contributed by atoms with van der Waals surface area (Å²) in [5.74, 6) is -1.57. The highest BCUT2D eigenvalue weighted by Crippen LogP contribution is 2.26. The number of hydrogen-bond acceptors (Lipinski definition) is 7. The molecular formula is C20H17ClN4O6. The lowest BCUT2D eigenvalue weighted by Crippen LogP contribution is -2.27. The summed E-state index contributed by atoms with van der Waals surface area (Å²) in [6, 6.07) is 10.1. The summed E-state index contributed by atoms with van der Waals surface area (Å²) in [4.78, 5) is 47.4. The summed E-state index contributed by atoms with van der Waals surface area (Å²) in [7, 11) is 0. The molecule has 160 valence electrons. The molecule has 0 aliphatic heterocycles. The van der Waals surface area contributed by atoms with Crippen LogP contribution >= 0.6 is 11.6 Å². The van der Waals surface area contributed by atoms with E-state index in [0.717, 1.165) is 6.07 Å². The van der Waals surface area contributed by atoms with Gasteiger partial charge in [-0.15, -0.1) is 0 Å². The zero-order chi connectivity index (χ0) is 22.5. The topological polar surface area (TPSA) is 133 Å². The third-order valence-corrected chi connectivity index (χ3v) is 4.58. The maximum absolute atomic E-state index is 12.6. The van der Waals surface area contributed by atoms with Gasteiger partial charge in [0.15, 0.2) is 12.3 Å². The number of amides is 1. The van der Waals surface area contributed by atoms with Crippen molar-refractivity contribution in [2.45, 2.75) is 19.9 Å². The number of rotatable bonds is 7. The minimum absolute atomic E-state index is 0.0341. The minimum atomic E-state index is -0.869. The number of aromatic nitrogens is 2. The van der Waals surface area contributed by atoms with Crippen LogP contribution in [-0.4, -0.2) is 33.2 Å². The second-order valence-electron chi connectivity index (χ2n) is 6.47. The largest absolute Gasteiger partial charge is 0.451 e. The van der Waals surface area contributed by atoms with Crippen molar-refractivity contribution >= 4 is 45.6 Å². The molecule has 0 unspecified atom stereocenters. The molecule has 0 atom stereocenters. The number of carbonyl (C=O) groups excluding carboxylic acids is 2. The molecule has 0 aliphatic carbocycles. The molecule has 31 heavy (non-hydrogen) atoms. The Kier molecular flexibility index (Phi) is 6.61. The van der Waals surface area contributed by atoms with E-state index in [9.17, 15) is 24.5 Å². The summed E-state index contributed by atoms with van der Waals surface area (Å²) in [5.41, 5.74) is -0.493. The van der Waals surface area contributed by atoms with E-state index < -0.39 is 23.4 Å². The Labute approximate surface area is 180 Å². The molecule has 0 saturated heterocycles. The van der Waals surface area contributed by atoms with Crippen LogP contribution in [0.3, 0.4) is 0 Å². The van der Waals surface area contributed by atoms with Crippen LogP contribution in [0.1, 0.15) is 23.8 Å². The van der Waals surface area contributed by atoms with Gasteiger partial charge in [-0.3, -0.25) is 19.7 Å². The molecule has 3 rings (SSSR count). The van der Waals surface area contributed by atoms with Crippen LogP contribution in [-0.2, 0) is 16.1 Å². The summed E-state index contributed by atoms with van der Waals surface area (Å²) in [5, 5.41) is 17.9. The van der Waals surface area contributed by atoms with Gasteiger partial charge in [-0.2, -0.15) is 5.10 Å². The standard InChI is InChI=1S/C20H17ClN4O6/c1-2-9-24-19(27)14-6-4-3-5-13(14)18(23-24)20(28)31-11-17(26)22-16-8-7-12(25(29)30)10-15(16)21/h3-8,10H,2,9,11H2,1H3,(H,22,26). The lowest BCUT2D eigenvalue weighted by atomic mass is 10.1. The minimum Gasteiger partial charge on any atom is -0.451 e. The van der Waals surface area contributed by atoms with Gasteiger partial charge in [0.25, 0.3) is 17.2 Å². The van der Waals surface area contributed by atoms with Crippen LogP contribution in [0.15, 0.2) is 47.3 Å². The van der Waals surface area contributed by atoms with Crippen molar-refractivity contribution in [3.05, 3.63) is 73.6 Å². The zero-order valence-corrected chi connectivity index (χ0v) is 17.1. The molecular weight excluding hydrogens is 428 g/mol.